The number of nitrogens with zero attached hydrogens (tertiary/aromatic N) is 4. The second kappa shape index (κ2) is 10.1. The van der Waals surface area contributed by atoms with Gasteiger partial charge in [0.25, 0.3) is 0 Å². The summed E-state index contributed by atoms with van der Waals surface area (Å²) in [6.07, 6.45) is 4.32. The number of para-hydroxylation sites is 2. The fourth-order valence-corrected chi connectivity index (χ4v) is 5.51. The fourth-order valence-electron chi connectivity index (χ4n) is 5.51. The van der Waals surface area contributed by atoms with Crippen LogP contribution in [0.4, 0.5) is 0 Å². The molecule has 5 heteroatoms. The zero-order valence-corrected chi connectivity index (χ0v) is 25.8. The van der Waals surface area contributed by atoms with Crippen LogP contribution < -0.4 is 0 Å². The zero-order chi connectivity index (χ0) is 27.5. The quantitative estimate of drug-likeness (QED) is 0.171. The standard InChI is InChI=1S/C36H30N4.Pt/c1-35(2)27-15-11-13-25(21-27)26-14-12-16-28(22-26)36(3,4)32-24-40(30-19-9-6-10-20-30)34(38-32)33-37-31(35)23-39(33)29-17-7-5-8-18-29;/h5-20,23-24H,1-4H3;/q-2;+2. The van der Waals surface area contributed by atoms with Crippen LogP contribution in [0, 0.1) is 12.1 Å². The summed E-state index contributed by atoms with van der Waals surface area (Å²) in [4.78, 5) is 10.7. The van der Waals surface area contributed by atoms with Gasteiger partial charge in [-0.15, -0.1) is 23.3 Å². The Bertz CT molecular complexity index is 1710. The smallest absolute Gasteiger partial charge is 0.297 e. The second-order valence-corrected chi connectivity index (χ2v) is 11.5. The van der Waals surface area contributed by atoms with Crippen molar-refractivity contribution in [2.24, 2.45) is 0 Å². The van der Waals surface area contributed by atoms with Gasteiger partial charge in [-0.3, -0.25) is 9.13 Å². The van der Waals surface area contributed by atoms with Crippen LogP contribution in [0.1, 0.15) is 50.2 Å². The molecule has 0 spiro atoms. The molecule has 6 aromatic rings. The minimum Gasteiger partial charge on any atom is -0.297 e. The average molecular weight is 714 g/mol. The largest absolute Gasteiger partial charge is 2.00 e. The van der Waals surface area contributed by atoms with E-state index >= 15 is 0 Å². The van der Waals surface area contributed by atoms with Gasteiger partial charge < -0.3 is 0 Å². The molecule has 7 rings (SSSR count). The topological polar surface area (TPSA) is 35.6 Å². The maximum absolute atomic E-state index is 5.34. The molecule has 0 atom stereocenters. The molecule has 204 valence electrons. The zero-order valence-electron chi connectivity index (χ0n) is 23.5. The summed E-state index contributed by atoms with van der Waals surface area (Å²) in [7, 11) is 0. The minimum absolute atomic E-state index is 0. The molecule has 0 amide bonds. The molecular formula is C36H30N4Pt. The van der Waals surface area contributed by atoms with Crippen LogP contribution in [0.2, 0.25) is 0 Å². The summed E-state index contributed by atoms with van der Waals surface area (Å²) in [6, 6.07) is 41.0. The van der Waals surface area contributed by atoms with Gasteiger partial charge >= 0.3 is 21.1 Å². The first kappa shape index (κ1) is 27.2. The van der Waals surface area contributed by atoms with E-state index in [1.54, 1.807) is 0 Å². The normalized spacial score (nSPS) is 14.5. The summed E-state index contributed by atoms with van der Waals surface area (Å²) < 4.78 is 4.34. The number of aromatic nitrogens is 4. The van der Waals surface area contributed by atoms with Crippen LogP contribution in [0.5, 0.6) is 0 Å². The van der Waals surface area contributed by atoms with E-state index in [1.165, 1.54) is 0 Å². The van der Waals surface area contributed by atoms with E-state index in [0.717, 1.165) is 56.7 Å². The van der Waals surface area contributed by atoms with E-state index in [-0.39, 0.29) is 21.1 Å². The van der Waals surface area contributed by atoms with Gasteiger partial charge in [-0.25, -0.2) is 21.1 Å². The van der Waals surface area contributed by atoms with E-state index in [2.05, 4.69) is 146 Å². The molecule has 41 heavy (non-hydrogen) atoms. The number of rotatable bonds is 2. The second-order valence-electron chi connectivity index (χ2n) is 11.5. The molecule has 0 aliphatic carbocycles. The van der Waals surface area contributed by atoms with Crippen LogP contribution in [-0.4, -0.2) is 19.1 Å². The number of hydrogen-bond acceptors (Lipinski definition) is 2. The third-order valence-electron chi connectivity index (χ3n) is 8.19. The van der Waals surface area contributed by atoms with Crippen molar-refractivity contribution in [3.05, 3.63) is 144 Å². The van der Waals surface area contributed by atoms with Crippen molar-refractivity contribution in [1.82, 2.24) is 19.1 Å². The van der Waals surface area contributed by atoms with E-state index < -0.39 is 10.8 Å². The van der Waals surface area contributed by atoms with Crippen molar-refractivity contribution < 1.29 is 21.1 Å². The van der Waals surface area contributed by atoms with E-state index in [0.29, 0.717) is 0 Å². The van der Waals surface area contributed by atoms with Gasteiger partial charge in [0, 0.05) is 34.6 Å². The third-order valence-corrected chi connectivity index (χ3v) is 8.19. The van der Waals surface area contributed by atoms with Gasteiger partial charge in [0.15, 0.2) is 11.6 Å². The van der Waals surface area contributed by atoms with Crippen LogP contribution in [0.15, 0.2) is 109 Å². The summed E-state index contributed by atoms with van der Waals surface area (Å²) in [5, 5.41) is 0. The van der Waals surface area contributed by atoms with Crippen molar-refractivity contribution in [2.75, 3.05) is 0 Å². The molecule has 0 fully saturated rings. The first-order chi connectivity index (χ1) is 19.3. The van der Waals surface area contributed by atoms with Crippen LogP contribution in [0.25, 0.3) is 34.2 Å². The first-order valence-electron chi connectivity index (χ1n) is 13.7. The summed E-state index contributed by atoms with van der Waals surface area (Å²) >= 11 is 0. The SMILES string of the molecule is CC1(C)c2[c-]c(ccc2)-c2[c-]c(ccc2)C(C)(C)c2cn(-c3ccccc3)c(n2)-c2nc1cn2-c1ccccc1.[Pt+2]. The predicted octanol–water partition coefficient (Wildman–Crippen LogP) is 7.96. The molecule has 8 bridgehead atoms. The van der Waals surface area contributed by atoms with Crippen molar-refractivity contribution in [2.45, 2.75) is 38.5 Å². The van der Waals surface area contributed by atoms with Gasteiger partial charge in [-0.2, -0.15) is 36.4 Å². The Labute approximate surface area is 256 Å². The van der Waals surface area contributed by atoms with Gasteiger partial charge in [-0.05, 0) is 24.3 Å². The molecule has 0 unspecified atom stereocenters. The molecule has 0 saturated carbocycles. The first-order valence-corrected chi connectivity index (χ1v) is 13.7. The van der Waals surface area contributed by atoms with Crippen molar-refractivity contribution >= 4 is 0 Å². The monoisotopic (exact) mass is 713 g/mol. The van der Waals surface area contributed by atoms with Crippen molar-refractivity contribution in [3.8, 4) is 34.2 Å². The predicted molar refractivity (Wildman–Crippen MR) is 160 cm³/mol. The maximum atomic E-state index is 5.34. The molecule has 0 saturated heterocycles. The average Bonchev–Trinajstić information content (AvgIpc) is 3.64. The Morgan fingerprint density at radius 1 is 0.512 bits per heavy atom. The Morgan fingerprint density at radius 3 is 1.29 bits per heavy atom. The fraction of sp³-hybridized carbons (Fsp3) is 0.167. The molecule has 3 heterocycles. The van der Waals surface area contributed by atoms with E-state index in [1.807, 2.05) is 12.1 Å². The maximum Gasteiger partial charge on any atom is 2.00 e. The summed E-state index contributed by atoms with van der Waals surface area (Å²) in [6.45, 7) is 8.87. The molecule has 0 N–H and O–H groups in total. The van der Waals surface area contributed by atoms with Gasteiger partial charge in [0.1, 0.15) is 0 Å². The number of fused-ring (bicyclic) bond motifs is 10. The van der Waals surface area contributed by atoms with Crippen LogP contribution in [-0.2, 0) is 31.9 Å². The minimum atomic E-state index is -0.404. The molecule has 2 aromatic heterocycles. The van der Waals surface area contributed by atoms with Gasteiger partial charge in [-0.1, -0.05) is 64.1 Å². The number of hydrogen-bond donors (Lipinski definition) is 0. The molecule has 0 radical (unpaired) electrons. The Kier molecular flexibility index (Phi) is 6.71. The van der Waals surface area contributed by atoms with Crippen molar-refractivity contribution in [1.29, 1.82) is 0 Å². The Balaban J connectivity index is 0.00000302. The number of benzene rings is 4. The van der Waals surface area contributed by atoms with Gasteiger partial charge in [0.2, 0.25) is 0 Å². The summed E-state index contributed by atoms with van der Waals surface area (Å²) in [5.74, 6) is 1.59. The van der Waals surface area contributed by atoms with Crippen LogP contribution >= 0.6 is 0 Å². The van der Waals surface area contributed by atoms with E-state index in [9.17, 15) is 0 Å². The molecule has 4 aromatic carbocycles. The molecule has 1 aliphatic heterocycles. The molecular weight excluding hydrogens is 684 g/mol. The van der Waals surface area contributed by atoms with E-state index in [4.69, 9.17) is 9.97 Å². The molecule has 4 nitrogen and oxygen atoms in total. The van der Waals surface area contributed by atoms with Crippen LogP contribution in [0.3, 0.4) is 0 Å². The Hall–Kier alpha value is -4.01. The number of imidazole rings is 2. The third kappa shape index (κ3) is 4.51. The Morgan fingerprint density at radius 2 is 0.902 bits per heavy atom. The molecule has 1 aliphatic rings. The van der Waals surface area contributed by atoms with Gasteiger partial charge in [0.05, 0.1) is 11.4 Å². The van der Waals surface area contributed by atoms with Crippen molar-refractivity contribution in [3.63, 3.8) is 0 Å². The summed E-state index contributed by atoms with van der Waals surface area (Å²) in [5.41, 5.74) is 7.40.